The van der Waals surface area contributed by atoms with Crippen molar-refractivity contribution in [1.82, 2.24) is 0 Å². The van der Waals surface area contributed by atoms with Crippen LogP contribution >= 0.6 is 0 Å². The molecule has 94 valence electrons. The van der Waals surface area contributed by atoms with Crippen molar-refractivity contribution >= 4 is 0 Å². The molecule has 0 spiro atoms. The van der Waals surface area contributed by atoms with E-state index in [-0.39, 0.29) is 0 Å². The van der Waals surface area contributed by atoms with Gasteiger partial charge in [-0.1, -0.05) is 65.2 Å². The lowest BCUT2D eigenvalue weighted by molar-refractivity contribution is 0.113. The van der Waals surface area contributed by atoms with Gasteiger partial charge in [-0.3, -0.25) is 0 Å². The molecule has 0 saturated heterocycles. The van der Waals surface area contributed by atoms with E-state index in [1.165, 1.54) is 38.5 Å². The van der Waals surface area contributed by atoms with E-state index in [1.807, 2.05) is 0 Å². The second kappa shape index (κ2) is 6.07. The van der Waals surface area contributed by atoms with Crippen LogP contribution in [0.4, 0.5) is 0 Å². The van der Waals surface area contributed by atoms with Crippen molar-refractivity contribution in [2.75, 3.05) is 0 Å². The standard InChI is InChI=1S/C16H30/c1-13(2)12-15-10-6-7-11-16(15)14-8-4-3-5-9-14/h13-16H,3-12H2,1-2H3/t15-,16-/m0/s1. The van der Waals surface area contributed by atoms with Crippen LogP contribution in [-0.2, 0) is 0 Å². The smallest absolute Gasteiger partial charge is 0.0357 e. The van der Waals surface area contributed by atoms with Crippen molar-refractivity contribution in [3.63, 3.8) is 0 Å². The third-order valence-electron chi connectivity index (χ3n) is 5.00. The summed E-state index contributed by atoms with van der Waals surface area (Å²) in [7, 11) is 0. The minimum Gasteiger partial charge on any atom is -0.0628 e. The fourth-order valence-corrected chi connectivity index (χ4v) is 4.32. The average Bonchev–Trinajstić information content (AvgIpc) is 2.30. The molecule has 2 aliphatic carbocycles. The molecular weight excluding hydrogens is 192 g/mol. The zero-order valence-electron chi connectivity index (χ0n) is 11.4. The topological polar surface area (TPSA) is 0 Å². The fraction of sp³-hybridized carbons (Fsp3) is 1.00. The van der Waals surface area contributed by atoms with Crippen LogP contribution in [0.2, 0.25) is 0 Å². The molecule has 0 aromatic carbocycles. The molecule has 0 aromatic heterocycles. The molecule has 0 aromatic rings. The second-order valence-corrected chi connectivity index (χ2v) is 6.74. The number of hydrogen-bond donors (Lipinski definition) is 0. The van der Waals surface area contributed by atoms with Gasteiger partial charge in [-0.15, -0.1) is 0 Å². The Kier molecular flexibility index (Phi) is 4.73. The van der Waals surface area contributed by atoms with Gasteiger partial charge in [0.2, 0.25) is 0 Å². The van der Waals surface area contributed by atoms with Crippen molar-refractivity contribution in [1.29, 1.82) is 0 Å². The van der Waals surface area contributed by atoms with Crippen molar-refractivity contribution < 1.29 is 0 Å². The summed E-state index contributed by atoms with van der Waals surface area (Å²) in [5.74, 6) is 4.21. The van der Waals surface area contributed by atoms with Gasteiger partial charge in [0.05, 0.1) is 0 Å². The molecule has 16 heavy (non-hydrogen) atoms. The van der Waals surface area contributed by atoms with E-state index in [0.717, 1.165) is 23.7 Å². The molecule has 0 aliphatic heterocycles. The first kappa shape index (κ1) is 12.5. The summed E-state index contributed by atoms with van der Waals surface area (Å²) in [5.41, 5.74) is 0. The molecular formula is C16H30. The largest absolute Gasteiger partial charge is 0.0628 e. The Hall–Kier alpha value is 0. The van der Waals surface area contributed by atoms with Gasteiger partial charge in [0, 0.05) is 0 Å². The maximum atomic E-state index is 2.41. The number of rotatable bonds is 3. The normalized spacial score (nSPS) is 33.2. The van der Waals surface area contributed by atoms with Crippen LogP contribution < -0.4 is 0 Å². The van der Waals surface area contributed by atoms with Gasteiger partial charge in [-0.2, -0.15) is 0 Å². The van der Waals surface area contributed by atoms with Crippen LogP contribution in [0, 0.1) is 23.7 Å². The maximum Gasteiger partial charge on any atom is -0.0357 e. The van der Waals surface area contributed by atoms with Gasteiger partial charge >= 0.3 is 0 Å². The SMILES string of the molecule is CC(C)C[C@@H]1CCCC[C@H]1C1CCCCC1. The zero-order valence-corrected chi connectivity index (χ0v) is 11.4. The van der Waals surface area contributed by atoms with Crippen LogP contribution in [0.5, 0.6) is 0 Å². The quantitative estimate of drug-likeness (QED) is 0.598. The molecule has 0 amide bonds. The first-order valence-electron chi connectivity index (χ1n) is 7.77. The highest BCUT2D eigenvalue weighted by atomic mass is 14.4. The first-order chi connectivity index (χ1) is 7.77. The molecule has 2 saturated carbocycles. The molecule has 0 bridgehead atoms. The van der Waals surface area contributed by atoms with Crippen molar-refractivity contribution in [3.05, 3.63) is 0 Å². The van der Waals surface area contributed by atoms with Crippen molar-refractivity contribution in [2.45, 2.75) is 78.1 Å². The predicted molar refractivity (Wildman–Crippen MR) is 71.5 cm³/mol. The summed E-state index contributed by atoms with van der Waals surface area (Å²) in [5, 5.41) is 0. The lowest BCUT2D eigenvalue weighted by Crippen LogP contribution is -2.29. The van der Waals surface area contributed by atoms with E-state index in [2.05, 4.69) is 13.8 Å². The van der Waals surface area contributed by atoms with Gasteiger partial charge in [0.15, 0.2) is 0 Å². The van der Waals surface area contributed by atoms with Gasteiger partial charge in [-0.25, -0.2) is 0 Å². The molecule has 0 heteroatoms. The van der Waals surface area contributed by atoms with Crippen molar-refractivity contribution in [2.24, 2.45) is 23.7 Å². The Bertz CT molecular complexity index is 188. The number of hydrogen-bond acceptors (Lipinski definition) is 0. The predicted octanol–water partition coefficient (Wildman–Crippen LogP) is 5.42. The third kappa shape index (κ3) is 3.25. The first-order valence-corrected chi connectivity index (χ1v) is 7.77. The highest BCUT2D eigenvalue weighted by Gasteiger charge is 2.32. The van der Waals surface area contributed by atoms with Crippen LogP contribution in [0.3, 0.4) is 0 Å². The zero-order chi connectivity index (χ0) is 11.4. The summed E-state index contributed by atoms with van der Waals surface area (Å²) in [6.07, 6.45) is 15.3. The Balaban J connectivity index is 1.92. The van der Waals surface area contributed by atoms with Crippen LogP contribution in [0.25, 0.3) is 0 Å². The maximum absolute atomic E-state index is 2.41. The average molecular weight is 222 g/mol. The molecule has 2 fully saturated rings. The van der Waals surface area contributed by atoms with Crippen LogP contribution in [-0.4, -0.2) is 0 Å². The van der Waals surface area contributed by atoms with Gasteiger partial charge in [0.25, 0.3) is 0 Å². The molecule has 0 radical (unpaired) electrons. The molecule has 0 N–H and O–H groups in total. The molecule has 0 unspecified atom stereocenters. The molecule has 2 aliphatic rings. The van der Waals surface area contributed by atoms with E-state index < -0.39 is 0 Å². The van der Waals surface area contributed by atoms with E-state index in [4.69, 9.17) is 0 Å². The van der Waals surface area contributed by atoms with Crippen molar-refractivity contribution in [3.8, 4) is 0 Å². The Morgan fingerprint density at radius 3 is 2.12 bits per heavy atom. The fourth-order valence-electron chi connectivity index (χ4n) is 4.32. The lowest BCUT2D eigenvalue weighted by atomic mass is 9.66. The minimum absolute atomic E-state index is 0.911. The summed E-state index contributed by atoms with van der Waals surface area (Å²) in [6, 6.07) is 0. The van der Waals surface area contributed by atoms with E-state index in [0.29, 0.717) is 0 Å². The van der Waals surface area contributed by atoms with E-state index >= 15 is 0 Å². The highest BCUT2D eigenvalue weighted by Crippen LogP contribution is 2.43. The molecule has 0 heterocycles. The monoisotopic (exact) mass is 222 g/mol. The summed E-state index contributed by atoms with van der Waals surface area (Å²) in [4.78, 5) is 0. The molecule has 0 nitrogen and oxygen atoms in total. The Morgan fingerprint density at radius 2 is 1.44 bits per heavy atom. The van der Waals surface area contributed by atoms with Gasteiger partial charge < -0.3 is 0 Å². The second-order valence-electron chi connectivity index (χ2n) is 6.74. The Morgan fingerprint density at radius 1 is 0.812 bits per heavy atom. The molecule has 2 rings (SSSR count). The van der Waals surface area contributed by atoms with E-state index in [9.17, 15) is 0 Å². The minimum atomic E-state index is 0.911. The Labute approximate surface area is 102 Å². The van der Waals surface area contributed by atoms with Gasteiger partial charge in [-0.05, 0) is 36.5 Å². The highest BCUT2D eigenvalue weighted by molar-refractivity contribution is 4.83. The lowest BCUT2D eigenvalue weighted by Gasteiger charge is -2.40. The summed E-state index contributed by atoms with van der Waals surface area (Å²) >= 11 is 0. The summed E-state index contributed by atoms with van der Waals surface area (Å²) < 4.78 is 0. The van der Waals surface area contributed by atoms with Gasteiger partial charge in [0.1, 0.15) is 0 Å². The third-order valence-corrected chi connectivity index (χ3v) is 5.00. The summed E-state index contributed by atoms with van der Waals surface area (Å²) in [6.45, 7) is 4.82. The van der Waals surface area contributed by atoms with E-state index in [1.54, 1.807) is 25.7 Å². The molecule has 2 atom stereocenters. The van der Waals surface area contributed by atoms with Crippen LogP contribution in [0.15, 0.2) is 0 Å². The van der Waals surface area contributed by atoms with Crippen LogP contribution in [0.1, 0.15) is 78.1 Å².